The molecule has 0 aromatic heterocycles. The molecule has 0 saturated heterocycles. The van der Waals surface area contributed by atoms with Gasteiger partial charge in [-0.2, -0.15) is 0 Å². The lowest BCUT2D eigenvalue weighted by Gasteiger charge is -2.29. The topological polar surface area (TPSA) is 26.3 Å². The Hall–Kier alpha value is -1.61. The van der Waals surface area contributed by atoms with Gasteiger partial charge in [-0.25, -0.2) is 4.79 Å². The van der Waals surface area contributed by atoms with Gasteiger partial charge in [-0.05, 0) is 48.6 Å². The molecule has 3 heteroatoms. The van der Waals surface area contributed by atoms with Crippen LogP contribution in [0.4, 0.5) is 0 Å². The zero-order valence-corrected chi connectivity index (χ0v) is 14.0. The first-order chi connectivity index (χ1) is 10.0. The minimum atomic E-state index is -0.207. The molecule has 1 atom stereocenters. The molecule has 21 heavy (non-hydrogen) atoms. The van der Waals surface area contributed by atoms with Gasteiger partial charge in [-0.3, -0.25) is 0 Å². The number of benzene rings is 2. The Morgan fingerprint density at radius 3 is 2.38 bits per heavy atom. The quantitative estimate of drug-likeness (QED) is 0.692. The van der Waals surface area contributed by atoms with Gasteiger partial charge >= 0.3 is 5.97 Å². The van der Waals surface area contributed by atoms with Crippen molar-refractivity contribution in [3.8, 4) is 0 Å². The highest BCUT2D eigenvalue weighted by Gasteiger charge is 2.31. The Bertz CT molecular complexity index is 720. The van der Waals surface area contributed by atoms with E-state index in [0.717, 1.165) is 44.3 Å². The highest BCUT2D eigenvalue weighted by molar-refractivity contribution is 9.10. The molecule has 3 rings (SSSR count). The summed E-state index contributed by atoms with van der Waals surface area (Å²) in [7, 11) is 0. The molecule has 2 nitrogen and oxygen atoms in total. The predicted molar refractivity (Wildman–Crippen MR) is 86.7 cm³/mol. The number of ether oxygens (including phenoxy) is 1. The molecular formula is C18H17BrO2. The van der Waals surface area contributed by atoms with Crippen molar-refractivity contribution < 1.29 is 9.53 Å². The number of fused-ring (bicyclic) bond motifs is 1. The highest BCUT2D eigenvalue weighted by Crippen LogP contribution is 2.38. The van der Waals surface area contributed by atoms with Crippen LogP contribution in [0.25, 0.3) is 0 Å². The first-order valence-electron chi connectivity index (χ1n) is 7.04. The van der Waals surface area contributed by atoms with E-state index in [1.807, 2.05) is 44.2 Å². The molecule has 1 aliphatic rings. The maximum Gasteiger partial charge on any atom is 0.339 e. The molecule has 1 heterocycles. The van der Waals surface area contributed by atoms with E-state index in [9.17, 15) is 4.79 Å². The van der Waals surface area contributed by atoms with Gasteiger partial charge < -0.3 is 4.74 Å². The second-order valence-corrected chi connectivity index (χ2v) is 6.34. The van der Waals surface area contributed by atoms with E-state index in [1.165, 1.54) is 0 Å². The smallest absolute Gasteiger partial charge is 0.339 e. The third-order valence-electron chi connectivity index (χ3n) is 4.36. The van der Waals surface area contributed by atoms with Crippen LogP contribution in [0.5, 0.6) is 0 Å². The van der Waals surface area contributed by atoms with Crippen LogP contribution in [0.1, 0.15) is 44.3 Å². The van der Waals surface area contributed by atoms with Gasteiger partial charge in [-0.15, -0.1) is 0 Å². The van der Waals surface area contributed by atoms with Crippen molar-refractivity contribution in [2.45, 2.75) is 33.3 Å². The van der Waals surface area contributed by atoms with E-state index in [4.69, 9.17) is 4.74 Å². The van der Waals surface area contributed by atoms with Gasteiger partial charge in [0.1, 0.15) is 6.10 Å². The van der Waals surface area contributed by atoms with Gasteiger partial charge in [0.05, 0.1) is 5.56 Å². The fraction of sp³-hybridized carbons (Fsp3) is 0.278. The largest absolute Gasteiger partial charge is 0.454 e. The molecule has 0 spiro atoms. The number of carbonyl (C=O) groups excluding carboxylic acids is 1. The van der Waals surface area contributed by atoms with Gasteiger partial charge in [0.15, 0.2) is 0 Å². The summed E-state index contributed by atoms with van der Waals surface area (Å²) < 4.78 is 6.77. The molecule has 1 aliphatic heterocycles. The number of rotatable bonds is 1. The van der Waals surface area contributed by atoms with Crippen molar-refractivity contribution in [2.24, 2.45) is 0 Å². The molecule has 0 aliphatic carbocycles. The molecule has 0 radical (unpaired) electrons. The molecule has 2 aromatic carbocycles. The summed E-state index contributed by atoms with van der Waals surface area (Å²) in [5, 5.41) is 0. The Morgan fingerprint density at radius 2 is 1.71 bits per heavy atom. The summed E-state index contributed by atoms with van der Waals surface area (Å²) in [6, 6.07) is 9.93. The van der Waals surface area contributed by atoms with Crippen molar-refractivity contribution in [2.75, 3.05) is 0 Å². The minimum Gasteiger partial charge on any atom is -0.454 e. The van der Waals surface area contributed by atoms with Gasteiger partial charge in [0, 0.05) is 10.9 Å². The first kappa shape index (κ1) is 14.3. The molecular weight excluding hydrogens is 328 g/mol. The highest BCUT2D eigenvalue weighted by atomic mass is 79.9. The molecule has 108 valence electrons. The average molecular weight is 345 g/mol. The van der Waals surface area contributed by atoms with Crippen molar-refractivity contribution in [1.29, 1.82) is 0 Å². The number of hydrogen-bond acceptors (Lipinski definition) is 2. The summed E-state index contributed by atoms with van der Waals surface area (Å²) in [5.74, 6) is -0.207. The number of esters is 1. The van der Waals surface area contributed by atoms with E-state index in [0.29, 0.717) is 0 Å². The zero-order valence-electron chi connectivity index (χ0n) is 12.4. The van der Waals surface area contributed by atoms with Gasteiger partial charge in [0.2, 0.25) is 0 Å². The van der Waals surface area contributed by atoms with Crippen LogP contribution in [0.3, 0.4) is 0 Å². The molecule has 0 fully saturated rings. The summed E-state index contributed by atoms with van der Waals surface area (Å²) in [6.45, 7) is 6.09. The maximum atomic E-state index is 12.5. The fourth-order valence-corrected chi connectivity index (χ4v) is 3.52. The normalized spacial score (nSPS) is 17.3. The Morgan fingerprint density at radius 1 is 1.05 bits per heavy atom. The lowest BCUT2D eigenvalue weighted by atomic mass is 9.87. The van der Waals surface area contributed by atoms with Gasteiger partial charge in [-0.1, -0.05) is 46.3 Å². The zero-order chi connectivity index (χ0) is 15.1. The predicted octanol–water partition coefficient (Wildman–Crippen LogP) is 4.83. The van der Waals surface area contributed by atoms with Crippen LogP contribution < -0.4 is 0 Å². The van der Waals surface area contributed by atoms with E-state index in [2.05, 4.69) is 22.9 Å². The SMILES string of the molecule is Cc1c(C)c2c(c(C)c1Br)CC(c1ccccc1)OC2=O. The van der Waals surface area contributed by atoms with Crippen LogP contribution >= 0.6 is 15.9 Å². The van der Waals surface area contributed by atoms with Crippen LogP contribution in [-0.4, -0.2) is 5.97 Å². The Labute approximate surface area is 133 Å². The van der Waals surface area contributed by atoms with E-state index in [1.54, 1.807) is 0 Å². The third-order valence-corrected chi connectivity index (χ3v) is 5.55. The molecule has 0 saturated carbocycles. The van der Waals surface area contributed by atoms with Crippen LogP contribution in [0.2, 0.25) is 0 Å². The monoisotopic (exact) mass is 344 g/mol. The molecule has 0 amide bonds. The van der Waals surface area contributed by atoms with E-state index in [-0.39, 0.29) is 12.1 Å². The summed E-state index contributed by atoms with van der Waals surface area (Å²) >= 11 is 3.65. The van der Waals surface area contributed by atoms with Crippen molar-refractivity contribution in [1.82, 2.24) is 0 Å². The lowest BCUT2D eigenvalue weighted by Crippen LogP contribution is -2.24. The standard InChI is InChI=1S/C18H17BrO2/c1-10-11(2)17(19)12(3)14-9-15(21-18(20)16(10)14)13-7-5-4-6-8-13/h4-8,15H,9H2,1-3H3. The summed E-state index contributed by atoms with van der Waals surface area (Å²) in [6.07, 6.45) is 0.537. The maximum absolute atomic E-state index is 12.5. The average Bonchev–Trinajstić information content (AvgIpc) is 2.51. The molecule has 0 N–H and O–H groups in total. The Kier molecular flexibility index (Phi) is 3.62. The van der Waals surface area contributed by atoms with Crippen LogP contribution in [0.15, 0.2) is 34.8 Å². The number of carbonyl (C=O) groups is 1. The minimum absolute atomic E-state index is 0.195. The molecule has 1 unspecified atom stereocenters. The van der Waals surface area contributed by atoms with Crippen molar-refractivity contribution >= 4 is 21.9 Å². The fourth-order valence-electron chi connectivity index (χ4n) is 2.98. The van der Waals surface area contributed by atoms with Crippen LogP contribution in [-0.2, 0) is 11.2 Å². The van der Waals surface area contributed by atoms with Crippen molar-refractivity contribution in [3.05, 3.63) is 68.2 Å². The van der Waals surface area contributed by atoms with Gasteiger partial charge in [0.25, 0.3) is 0 Å². The number of cyclic esters (lactones) is 1. The van der Waals surface area contributed by atoms with E-state index < -0.39 is 0 Å². The first-order valence-corrected chi connectivity index (χ1v) is 7.84. The number of halogens is 1. The summed E-state index contributed by atoms with van der Waals surface area (Å²) in [4.78, 5) is 12.5. The number of hydrogen-bond donors (Lipinski definition) is 0. The lowest BCUT2D eigenvalue weighted by molar-refractivity contribution is 0.0250. The second kappa shape index (κ2) is 5.30. The second-order valence-electron chi connectivity index (χ2n) is 5.55. The van der Waals surface area contributed by atoms with E-state index >= 15 is 0 Å². The van der Waals surface area contributed by atoms with Crippen LogP contribution in [0, 0.1) is 20.8 Å². The third kappa shape index (κ3) is 2.30. The molecule has 2 aromatic rings. The Balaban J connectivity index is 2.13. The summed E-state index contributed by atoms with van der Waals surface area (Å²) in [5.41, 5.74) is 6.17. The van der Waals surface area contributed by atoms with Crippen molar-refractivity contribution in [3.63, 3.8) is 0 Å². The molecule has 0 bridgehead atoms.